The fourth-order valence-electron chi connectivity index (χ4n) is 1.97. The number of carbonyl (C=O) groups is 1. The van der Waals surface area contributed by atoms with E-state index in [4.69, 9.17) is 11.6 Å². The number of halogens is 1. The Morgan fingerprint density at radius 3 is 3.09 bits per heavy atom. The van der Waals surface area contributed by atoms with Crippen molar-refractivity contribution in [2.45, 2.75) is 23.6 Å². The molecular weight excluding hydrogens is 338 g/mol. The summed E-state index contributed by atoms with van der Waals surface area (Å²) in [5, 5.41) is 5.34. The van der Waals surface area contributed by atoms with E-state index >= 15 is 0 Å². The van der Waals surface area contributed by atoms with Gasteiger partial charge in [-0.05, 0) is 19.1 Å². The van der Waals surface area contributed by atoms with E-state index in [1.165, 1.54) is 11.8 Å². The highest BCUT2D eigenvalue weighted by molar-refractivity contribution is 8.00. The Kier molecular flexibility index (Phi) is 4.71. The van der Waals surface area contributed by atoms with Crippen molar-refractivity contribution in [1.82, 2.24) is 14.7 Å². The fourth-order valence-corrected chi connectivity index (χ4v) is 3.86. The van der Waals surface area contributed by atoms with Crippen molar-refractivity contribution in [3.63, 3.8) is 0 Å². The number of hydrogen-bond donors (Lipinski definition) is 1. The second-order valence-corrected chi connectivity index (χ2v) is 7.40. The van der Waals surface area contributed by atoms with Gasteiger partial charge in [-0.15, -0.1) is 23.1 Å². The predicted molar refractivity (Wildman–Crippen MR) is 91.7 cm³/mol. The second kappa shape index (κ2) is 6.73. The molecule has 22 heavy (non-hydrogen) atoms. The van der Waals surface area contributed by atoms with Gasteiger partial charge in [-0.1, -0.05) is 23.7 Å². The standard InChI is InChI=1S/C15H14ClN3OS2/c1-10(22-13-5-3-2-4-12(13)16)14(20)17-8-11-9-19-6-7-21-15(19)18-11/h2-7,9-10H,8H2,1H3,(H,17,20). The largest absolute Gasteiger partial charge is 0.349 e. The summed E-state index contributed by atoms with van der Waals surface area (Å²) in [6, 6.07) is 7.53. The SMILES string of the molecule is CC(Sc1ccccc1Cl)C(=O)NCc1cn2ccsc2n1. The van der Waals surface area contributed by atoms with Crippen molar-refractivity contribution in [3.8, 4) is 0 Å². The van der Waals surface area contributed by atoms with Crippen LogP contribution in [0.25, 0.3) is 4.96 Å². The lowest BCUT2D eigenvalue weighted by Crippen LogP contribution is -2.30. The topological polar surface area (TPSA) is 46.4 Å². The van der Waals surface area contributed by atoms with Gasteiger partial charge in [0, 0.05) is 22.7 Å². The van der Waals surface area contributed by atoms with E-state index in [-0.39, 0.29) is 11.2 Å². The van der Waals surface area contributed by atoms with Crippen LogP contribution in [-0.4, -0.2) is 20.5 Å². The van der Waals surface area contributed by atoms with E-state index < -0.39 is 0 Å². The van der Waals surface area contributed by atoms with Crippen LogP contribution in [0.4, 0.5) is 0 Å². The summed E-state index contributed by atoms with van der Waals surface area (Å²) in [5.41, 5.74) is 0.857. The molecule has 0 fully saturated rings. The highest BCUT2D eigenvalue weighted by atomic mass is 35.5. The first kappa shape index (κ1) is 15.4. The summed E-state index contributed by atoms with van der Waals surface area (Å²) >= 11 is 9.14. The minimum atomic E-state index is -0.219. The Bertz CT molecular complexity index is 770. The summed E-state index contributed by atoms with van der Waals surface area (Å²) in [6.07, 6.45) is 3.88. The van der Waals surface area contributed by atoms with Gasteiger partial charge < -0.3 is 5.32 Å². The lowest BCUT2D eigenvalue weighted by atomic mass is 10.4. The van der Waals surface area contributed by atoms with Crippen LogP contribution in [0.2, 0.25) is 5.02 Å². The first-order valence-electron chi connectivity index (χ1n) is 6.73. The van der Waals surface area contributed by atoms with Gasteiger partial charge in [0.05, 0.1) is 22.5 Å². The van der Waals surface area contributed by atoms with Gasteiger partial charge >= 0.3 is 0 Å². The summed E-state index contributed by atoms with van der Waals surface area (Å²) in [7, 11) is 0. The Morgan fingerprint density at radius 2 is 2.32 bits per heavy atom. The number of aromatic nitrogens is 2. The lowest BCUT2D eigenvalue weighted by Gasteiger charge is -2.12. The molecule has 0 spiro atoms. The molecule has 1 unspecified atom stereocenters. The molecule has 0 aliphatic rings. The number of nitrogens with one attached hydrogen (secondary N) is 1. The molecule has 7 heteroatoms. The maximum Gasteiger partial charge on any atom is 0.233 e. The van der Waals surface area contributed by atoms with Crippen molar-refractivity contribution in [2.24, 2.45) is 0 Å². The summed E-state index contributed by atoms with van der Waals surface area (Å²) in [6.45, 7) is 2.30. The molecule has 0 radical (unpaired) electrons. The molecule has 1 amide bonds. The first-order valence-corrected chi connectivity index (χ1v) is 8.87. The number of imidazole rings is 1. The van der Waals surface area contributed by atoms with Gasteiger partial charge in [0.2, 0.25) is 5.91 Å². The number of amides is 1. The molecule has 2 heterocycles. The minimum Gasteiger partial charge on any atom is -0.349 e. The minimum absolute atomic E-state index is 0.0266. The highest BCUT2D eigenvalue weighted by Gasteiger charge is 2.16. The Labute approximate surface area is 141 Å². The molecular formula is C15H14ClN3OS2. The average Bonchev–Trinajstić information content (AvgIpc) is 3.08. The Balaban J connectivity index is 1.57. The summed E-state index contributed by atoms with van der Waals surface area (Å²) in [4.78, 5) is 18.5. The van der Waals surface area contributed by atoms with E-state index in [0.29, 0.717) is 11.6 Å². The lowest BCUT2D eigenvalue weighted by molar-refractivity contribution is -0.120. The molecule has 0 saturated carbocycles. The molecule has 1 atom stereocenters. The van der Waals surface area contributed by atoms with Crippen LogP contribution in [0.5, 0.6) is 0 Å². The molecule has 0 saturated heterocycles. The maximum absolute atomic E-state index is 12.2. The monoisotopic (exact) mass is 351 g/mol. The van der Waals surface area contributed by atoms with Crippen molar-refractivity contribution < 1.29 is 4.79 Å². The molecule has 2 aromatic heterocycles. The quantitative estimate of drug-likeness (QED) is 0.710. The molecule has 1 N–H and O–H groups in total. The Hall–Kier alpha value is -1.50. The van der Waals surface area contributed by atoms with Gasteiger partial charge in [0.15, 0.2) is 4.96 Å². The van der Waals surface area contributed by atoms with E-state index in [0.717, 1.165) is 15.6 Å². The van der Waals surface area contributed by atoms with Crippen molar-refractivity contribution in [2.75, 3.05) is 0 Å². The molecule has 4 nitrogen and oxygen atoms in total. The molecule has 0 aliphatic heterocycles. The number of benzene rings is 1. The van der Waals surface area contributed by atoms with Crippen LogP contribution in [0.15, 0.2) is 46.9 Å². The maximum atomic E-state index is 12.2. The molecule has 3 aromatic rings. The van der Waals surface area contributed by atoms with Crippen LogP contribution >= 0.6 is 34.7 Å². The number of rotatable bonds is 5. The predicted octanol–water partition coefficient (Wildman–Crippen LogP) is 3.85. The number of hydrogen-bond acceptors (Lipinski definition) is 4. The third-order valence-corrected chi connectivity index (χ3v) is 5.49. The zero-order chi connectivity index (χ0) is 15.5. The number of fused-ring (bicyclic) bond motifs is 1. The van der Waals surface area contributed by atoms with Crippen molar-refractivity contribution in [1.29, 1.82) is 0 Å². The second-order valence-electron chi connectivity index (χ2n) is 4.73. The smallest absolute Gasteiger partial charge is 0.233 e. The number of thiazole rings is 1. The van der Waals surface area contributed by atoms with Crippen LogP contribution in [0, 0.1) is 0 Å². The van der Waals surface area contributed by atoms with Crippen molar-refractivity contribution in [3.05, 3.63) is 52.8 Å². The molecule has 0 bridgehead atoms. The van der Waals surface area contributed by atoms with E-state index in [2.05, 4.69) is 10.3 Å². The van der Waals surface area contributed by atoms with Gasteiger partial charge in [-0.25, -0.2) is 4.98 Å². The van der Waals surface area contributed by atoms with Crippen molar-refractivity contribution >= 4 is 45.6 Å². The summed E-state index contributed by atoms with van der Waals surface area (Å²) in [5.74, 6) is -0.0266. The molecule has 1 aromatic carbocycles. The molecule has 3 rings (SSSR count). The Morgan fingerprint density at radius 1 is 1.50 bits per heavy atom. The third kappa shape index (κ3) is 3.45. The zero-order valence-corrected chi connectivity index (χ0v) is 14.2. The average molecular weight is 352 g/mol. The van der Waals surface area contributed by atoms with Crippen LogP contribution in [0.3, 0.4) is 0 Å². The number of nitrogens with zero attached hydrogens (tertiary/aromatic N) is 2. The van der Waals surface area contributed by atoms with Gasteiger partial charge in [-0.3, -0.25) is 9.20 Å². The third-order valence-electron chi connectivity index (χ3n) is 3.10. The highest BCUT2D eigenvalue weighted by Crippen LogP contribution is 2.30. The van der Waals surface area contributed by atoms with Gasteiger partial charge in [0.25, 0.3) is 0 Å². The van der Waals surface area contributed by atoms with E-state index in [1.807, 2.05) is 53.4 Å². The molecule has 114 valence electrons. The van der Waals surface area contributed by atoms with Crippen LogP contribution in [-0.2, 0) is 11.3 Å². The van der Waals surface area contributed by atoms with Crippen LogP contribution < -0.4 is 5.32 Å². The normalized spacial score (nSPS) is 12.5. The zero-order valence-electron chi connectivity index (χ0n) is 11.8. The number of carbonyl (C=O) groups excluding carboxylic acids is 1. The van der Waals surface area contributed by atoms with E-state index in [9.17, 15) is 4.79 Å². The molecule has 0 aliphatic carbocycles. The number of thioether (sulfide) groups is 1. The van der Waals surface area contributed by atoms with E-state index in [1.54, 1.807) is 11.3 Å². The van der Waals surface area contributed by atoms with Crippen LogP contribution in [0.1, 0.15) is 12.6 Å². The van der Waals surface area contributed by atoms with Gasteiger partial charge in [0.1, 0.15) is 0 Å². The fraction of sp³-hybridized carbons (Fsp3) is 0.200. The van der Waals surface area contributed by atoms with Gasteiger partial charge in [-0.2, -0.15) is 0 Å². The summed E-state index contributed by atoms with van der Waals surface area (Å²) < 4.78 is 1.95. The first-order chi connectivity index (χ1) is 10.6.